The normalized spacial score (nSPS) is 11.4. The second-order valence-corrected chi connectivity index (χ2v) is 5.84. The van der Waals surface area contributed by atoms with Crippen LogP contribution in [0.25, 0.3) is 0 Å². The monoisotopic (exact) mass is 254 g/mol. The lowest BCUT2D eigenvalue weighted by molar-refractivity contribution is 0.415. The average Bonchev–Trinajstić information content (AvgIpc) is 2.01. The first-order valence-corrected chi connectivity index (χ1v) is 6.53. The van der Waals surface area contributed by atoms with Gasteiger partial charge in [-0.15, -0.1) is 0 Å². The highest BCUT2D eigenvalue weighted by Gasteiger charge is 2.09. The first-order chi connectivity index (χ1) is 6.42. The topological polar surface area (TPSA) is 43.4 Å². The number of benzene rings is 1. The number of methoxy groups -OCH3 is 1. The van der Waals surface area contributed by atoms with Crippen molar-refractivity contribution in [1.82, 2.24) is 0 Å². The standard InChI is InChI=1S/C8H8Cl2O3S/c1-13-8-3-2-6(4-7(8)9)5-14(10,11)12/h2-4H,5H2,1H3. The van der Waals surface area contributed by atoms with Gasteiger partial charge < -0.3 is 4.74 Å². The molecule has 1 rings (SSSR count). The van der Waals surface area contributed by atoms with Crippen LogP contribution < -0.4 is 4.74 Å². The van der Waals surface area contributed by atoms with Gasteiger partial charge in [-0.25, -0.2) is 8.42 Å². The molecule has 78 valence electrons. The Morgan fingerprint density at radius 2 is 2.07 bits per heavy atom. The van der Waals surface area contributed by atoms with E-state index < -0.39 is 9.05 Å². The van der Waals surface area contributed by atoms with Crippen molar-refractivity contribution in [1.29, 1.82) is 0 Å². The second-order valence-electron chi connectivity index (χ2n) is 2.65. The maximum Gasteiger partial charge on any atom is 0.236 e. The molecular weight excluding hydrogens is 247 g/mol. The molecule has 0 bridgehead atoms. The fourth-order valence-corrected chi connectivity index (χ4v) is 2.23. The predicted octanol–water partition coefficient (Wildman–Crippen LogP) is 2.42. The summed E-state index contributed by atoms with van der Waals surface area (Å²) in [4.78, 5) is 0. The summed E-state index contributed by atoms with van der Waals surface area (Å²) in [6, 6.07) is 4.71. The highest BCUT2D eigenvalue weighted by atomic mass is 35.7. The van der Waals surface area contributed by atoms with E-state index in [0.717, 1.165) is 0 Å². The summed E-state index contributed by atoms with van der Waals surface area (Å²) < 4.78 is 26.4. The molecule has 3 nitrogen and oxygen atoms in total. The van der Waals surface area contributed by atoms with Gasteiger partial charge >= 0.3 is 0 Å². The van der Waals surface area contributed by atoms with Crippen LogP contribution in [0.5, 0.6) is 5.75 Å². The van der Waals surface area contributed by atoms with E-state index in [0.29, 0.717) is 16.3 Å². The molecule has 0 aliphatic carbocycles. The molecular formula is C8H8Cl2O3S. The van der Waals surface area contributed by atoms with Gasteiger partial charge in [0.05, 0.1) is 17.9 Å². The highest BCUT2D eigenvalue weighted by Crippen LogP contribution is 2.26. The fourth-order valence-electron chi connectivity index (χ4n) is 0.999. The van der Waals surface area contributed by atoms with Crippen molar-refractivity contribution in [2.45, 2.75) is 5.75 Å². The van der Waals surface area contributed by atoms with Gasteiger partial charge in [-0.1, -0.05) is 17.7 Å². The fraction of sp³-hybridized carbons (Fsp3) is 0.250. The van der Waals surface area contributed by atoms with Crippen LogP contribution in [0.15, 0.2) is 18.2 Å². The Morgan fingerprint density at radius 3 is 2.50 bits per heavy atom. The lowest BCUT2D eigenvalue weighted by atomic mass is 10.2. The molecule has 0 saturated carbocycles. The molecule has 0 saturated heterocycles. The summed E-state index contributed by atoms with van der Waals surface area (Å²) in [7, 11) is 3.04. The Labute approximate surface area is 92.0 Å². The minimum Gasteiger partial charge on any atom is -0.495 e. The van der Waals surface area contributed by atoms with Gasteiger partial charge in [-0.05, 0) is 17.7 Å². The molecule has 0 fully saturated rings. The third-order valence-electron chi connectivity index (χ3n) is 1.56. The maximum atomic E-state index is 10.8. The SMILES string of the molecule is COc1ccc(CS(=O)(=O)Cl)cc1Cl. The van der Waals surface area contributed by atoms with E-state index in [1.165, 1.54) is 13.2 Å². The van der Waals surface area contributed by atoms with Gasteiger partial charge in [-0.2, -0.15) is 0 Å². The van der Waals surface area contributed by atoms with Crippen molar-refractivity contribution in [3.05, 3.63) is 28.8 Å². The number of hydrogen-bond acceptors (Lipinski definition) is 3. The van der Waals surface area contributed by atoms with Crippen LogP contribution in [0.2, 0.25) is 5.02 Å². The third-order valence-corrected chi connectivity index (χ3v) is 2.86. The van der Waals surface area contributed by atoms with Crippen LogP contribution in [-0.2, 0) is 14.8 Å². The van der Waals surface area contributed by atoms with Gasteiger partial charge in [0.1, 0.15) is 5.75 Å². The van der Waals surface area contributed by atoms with Crippen molar-refractivity contribution in [3.8, 4) is 5.75 Å². The zero-order chi connectivity index (χ0) is 10.8. The number of rotatable bonds is 3. The zero-order valence-corrected chi connectivity index (χ0v) is 9.66. The lowest BCUT2D eigenvalue weighted by Gasteiger charge is -2.04. The van der Waals surface area contributed by atoms with E-state index in [-0.39, 0.29) is 5.75 Å². The van der Waals surface area contributed by atoms with Crippen LogP contribution in [0, 0.1) is 0 Å². The van der Waals surface area contributed by atoms with Gasteiger partial charge in [0.2, 0.25) is 9.05 Å². The number of halogens is 2. The molecule has 1 aromatic rings. The van der Waals surface area contributed by atoms with Gasteiger partial charge in [-0.3, -0.25) is 0 Å². The van der Waals surface area contributed by atoms with E-state index in [9.17, 15) is 8.42 Å². The summed E-state index contributed by atoms with van der Waals surface area (Å²) in [6.07, 6.45) is 0. The maximum absolute atomic E-state index is 10.8. The van der Waals surface area contributed by atoms with Crippen LogP contribution in [0.4, 0.5) is 0 Å². The summed E-state index contributed by atoms with van der Waals surface area (Å²) in [6.45, 7) is 0. The van der Waals surface area contributed by atoms with E-state index >= 15 is 0 Å². The van der Waals surface area contributed by atoms with Crippen molar-refractivity contribution < 1.29 is 13.2 Å². The van der Waals surface area contributed by atoms with Crippen LogP contribution >= 0.6 is 22.3 Å². The molecule has 0 atom stereocenters. The molecule has 0 aliphatic rings. The Balaban J connectivity index is 2.98. The van der Waals surface area contributed by atoms with Crippen LogP contribution in [0.1, 0.15) is 5.56 Å². The smallest absolute Gasteiger partial charge is 0.236 e. The molecule has 0 spiro atoms. The molecule has 14 heavy (non-hydrogen) atoms. The van der Waals surface area contributed by atoms with Crippen molar-refractivity contribution in [2.75, 3.05) is 7.11 Å². The average molecular weight is 255 g/mol. The van der Waals surface area contributed by atoms with Crippen molar-refractivity contribution in [3.63, 3.8) is 0 Å². The van der Waals surface area contributed by atoms with E-state index in [4.69, 9.17) is 27.0 Å². The number of ether oxygens (including phenoxy) is 1. The molecule has 6 heteroatoms. The van der Waals surface area contributed by atoms with Crippen LogP contribution in [-0.4, -0.2) is 15.5 Å². The molecule has 0 radical (unpaired) electrons. The molecule has 0 unspecified atom stereocenters. The summed E-state index contributed by atoms with van der Waals surface area (Å²) >= 11 is 5.80. The van der Waals surface area contributed by atoms with Gasteiger partial charge in [0.25, 0.3) is 0 Å². The molecule has 0 amide bonds. The summed E-state index contributed by atoms with van der Waals surface area (Å²) in [5.41, 5.74) is 0.533. The third kappa shape index (κ3) is 3.36. The Morgan fingerprint density at radius 1 is 1.43 bits per heavy atom. The predicted molar refractivity (Wildman–Crippen MR) is 56.5 cm³/mol. The number of hydrogen-bond donors (Lipinski definition) is 0. The Bertz CT molecular complexity index is 428. The molecule has 0 N–H and O–H groups in total. The highest BCUT2D eigenvalue weighted by molar-refractivity contribution is 8.13. The first kappa shape index (κ1) is 11.6. The first-order valence-electron chi connectivity index (χ1n) is 3.67. The molecule has 0 aromatic heterocycles. The quantitative estimate of drug-likeness (QED) is 0.779. The molecule has 1 aromatic carbocycles. The second kappa shape index (κ2) is 4.38. The van der Waals surface area contributed by atoms with Crippen LogP contribution in [0.3, 0.4) is 0 Å². The van der Waals surface area contributed by atoms with E-state index in [1.54, 1.807) is 12.1 Å². The molecule has 0 aliphatic heterocycles. The van der Waals surface area contributed by atoms with E-state index in [2.05, 4.69) is 0 Å². The van der Waals surface area contributed by atoms with E-state index in [1.807, 2.05) is 0 Å². The van der Waals surface area contributed by atoms with Crippen molar-refractivity contribution in [2.24, 2.45) is 0 Å². The Kier molecular flexibility index (Phi) is 3.64. The minimum absolute atomic E-state index is 0.238. The summed E-state index contributed by atoms with van der Waals surface area (Å²) in [5.74, 6) is 0.264. The largest absolute Gasteiger partial charge is 0.495 e. The van der Waals surface area contributed by atoms with Gasteiger partial charge in [0, 0.05) is 10.7 Å². The van der Waals surface area contributed by atoms with Gasteiger partial charge in [0.15, 0.2) is 0 Å². The van der Waals surface area contributed by atoms with Crippen molar-refractivity contribution >= 4 is 31.3 Å². The summed E-state index contributed by atoms with van der Waals surface area (Å²) in [5, 5.41) is 0.366. The zero-order valence-electron chi connectivity index (χ0n) is 7.33. The minimum atomic E-state index is -3.54. The lowest BCUT2D eigenvalue weighted by Crippen LogP contribution is -1.95. The molecule has 0 heterocycles. The Hall–Kier alpha value is -0.450.